The molecule has 92 valence electrons. The number of nitrogens with zero attached hydrogens (tertiary/aromatic N) is 2. The van der Waals surface area contributed by atoms with E-state index in [9.17, 15) is 4.79 Å². The fourth-order valence-corrected chi connectivity index (χ4v) is 1.93. The first-order valence-electron chi connectivity index (χ1n) is 5.12. The molecule has 18 heavy (non-hydrogen) atoms. The molecular weight excluding hydrogens is 318 g/mol. The normalized spacial score (nSPS) is 10.2. The average molecular weight is 327 g/mol. The number of aryl methyl sites for hydroxylation is 1. The van der Waals surface area contributed by atoms with Gasteiger partial charge in [-0.05, 0) is 34.5 Å². The number of benzene rings is 1. The van der Waals surface area contributed by atoms with Crippen LogP contribution in [0.1, 0.15) is 15.9 Å². The molecule has 0 atom stereocenters. The minimum absolute atomic E-state index is 0.248. The number of rotatable bonds is 2. The van der Waals surface area contributed by atoms with Crippen LogP contribution in [0, 0.1) is 6.92 Å². The second-order valence-corrected chi connectivity index (χ2v) is 4.80. The summed E-state index contributed by atoms with van der Waals surface area (Å²) in [5.41, 5.74) is 1.54. The highest BCUT2D eigenvalue weighted by Gasteiger charge is 2.12. The fraction of sp³-hybridized carbons (Fsp3) is 0.0833. The molecule has 0 aliphatic heterocycles. The topological polar surface area (TPSA) is 54.9 Å². The van der Waals surface area contributed by atoms with Crippen LogP contribution in [0.5, 0.6) is 0 Å². The van der Waals surface area contributed by atoms with Gasteiger partial charge in [-0.25, -0.2) is 9.97 Å². The van der Waals surface area contributed by atoms with Gasteiger partial charge in [0.15, 0.2) is 5.82 Å². The number of anilines is 1. The van der Waals surface area contributed by atoms with Gasteiger partial charge in [0.1, 0.15) is 5.15 Å². The standard InChI is InChI=1S/C12H9BrClN3O/c1-7-3-2-4-8(11(7)13)12(18)17-10-6-15-9(14)5-16-10/h2-6H,1H3,(H,16,17,18). The molecule has 0 aliphatic rings. The van der Waals surface area contributed by atoms with E-state index in [0.717, 1.165) is 10.0 Å². The lowest BCUT2D eigenvalue weighted by molar-refractivity contribution is 0.102. The first-order chi connectivity index (χ1) is 8.58. The maximum absolute atomic E-state index is 12.0. The van der Waals surface area contributed by atoms with Gasteiger partial charge in [-0.15, -0.1) is 0 Å². The average Bonchev–Trinajstić information content (AvgIpc) is 2.35. The molecule has 0 saturated heterocycles. The molecule has 1 amide bonds. The maximum Gasteiger partial charge on any atom is 0.258 e. The SMILES string of the molecule is Cc1cccc(C(=O)Nc2cnc(Cl)cn2)c1Br. The Kier molecular flexibility index (Phi) is 3.93. The van der Waals surface area contributed by atoms with Crippen molar-refractivity contribution in [2.45, 2.75) is 6.92 Å². The van der Waals surface area contributed by atoms with Gasteiger partial charge in [0.2, 0.25) is 0 Å². The van der Waals surface area contributed by atoms with E-state index in [-0.39, 0.29) is 11.1 Å². The summed E-state index contributed by atoms with van der Waals surface area (Å²) in [6.45, 7) is 1.92. The molecule has 0 aliphatic carbocycles. The molecule has 1 N–H and O–H groups in total. The summed E-state index contributed by atoms with van der Waals surface area (Å²) in [5, 5.41) is 2.93. The van der Waals surface area contributed by atoms with Crippen LogP contribution in [0.2, 0.25) is 5.15 Å². The number of hydrogen-bond donors (Lipinski definition) is 1. The summed E-state index contributed by atoms with van der Waals surface area (Å²) < 4.78 is 0.768. The molecule has 1 heterocycles. The second kappa shape index (κ2) is 5.46. The summed E-state index contributed by atoms with van der Waals surface area (Å²) in [5.74, 6) is 0.111. The van der Waals surface area contributed by atoms with Crippen molar-refractivity contribution in [1.82, 2.24) is 9.97 Å². The number of carbonyl (C=O) groups is 1. The predicted molar refractivity (Wildman–Crippen MR) is 73.9 cm³/mol. The van der Waals surface area contributed by atoms with Crippen LogP contribution in [0.4, 0.5) is 5.82 Å². The molecule has 0 fully saturated rings. The largest absolute Gasteiger partial charge is 0.305 e. The molecule has 0 radical (unpaired) electrons. The summed E-state index contributed by atoms with van der Waals surface area (Å²) in [4.78, 5) is 19.8. The van der Waals surface area contributed by atoms with E-state index in [1.165, 1.54) is 12.4 Å². The summed E-state index contributed by atoms with van der Waals surface area (Å²) in [6, 6.07) is 5.47. The van der Waals surface area contributed by atoms with Crippen LogP contribution in [0.25, 0.3) is 0 Å². The van der Waals surface area contributed by atoms with Gasteiger partial charge in [-0.1, -0.05) is 23.7 Å². The molecule has 0 unspecified atom stereocenters. The Morgan fingerprint density at radius 2 is 2.11 bits per heavy atom. The molecular formula is C12H9BrClN3O. The van der Waals surface area contributed by atoms with E-state index in [1.54, 1.807) is 6.07 Å². The minimum Gasteiger partial charge on any atom is -0.305 e. The molecule has 0 spiro atoms. The first kappa shape index (κ1) is 13.0. The van der Waals surface area contributed by atoms with Gasteiger partial charge in [-0.2, -0.15) is 0 Å². The molecule has 2 rings (SSSR count). The zero-order valence-electron chi connectivity index (χ0n) is 9.45. The Bertz CT molecular complexity index is 586. The monoisotopic (exact) mass is 325 g/mol. The third-order valence-electron chi connectivity index (χ3n) is 2.30. The van der Waals surface area contributed by atoms with Crippen LogP contribution in [0.15, 0.2) is 35.1 Å². The zero-order chi connectivity index (χ0) is 13.1. The molecule has 1 aromatic heterocycles. The van der Waals surface area contributed by atoms with E-state index in [2.05, 4.69) is 31.2 Å². The van der Waals surface area contributed by atoms with Crippen molar-refractivity contribution in [2.24, 2.45) is 0 Å². The molecule has 1 aromatic carbocycles. The molecule has 6 heteroatoms. The van der Waals surface area contributed by atoms with Crippen molar-refractivity contribution in [3.05, 3.63) is 51.3 Å². The summed E-state index contributed by atoms with van der Waals surface area (Å²) in [7, 11) is 0. The first-order valence-corrected chi connectivity index (χ1v) is 6.29. The Balaban J connectivity index is 2.22. The Hall–Kier alpha value is -1.46. The number of hydrogen-bond acceptors (Lipinski definition) is 3. The number of halogens is 2. The van der Waals surface area contributed by atoms with Crippen LogP contribution < -0.4 is 5.32 Å². The van der Waals surface area contributed by atoms with E-state index in [0.29, 0.717) is 11.4 Å². The van der Waals surface area contributed by atoms with Gasteiger partial charge in [-0.3, -0.25) is 4.79 Å². The number of carbonyl (C=O) groups excluding carboxylic acids is 1. The maximum atomic E-state index is 12.0. The fourth-order valence-electron chi connectivity index (χ4n) is 1.38. The smallest absolute Gasteiger partial charge is 0.258 e. The van der Waals surface area contributed by atoms with Crippen molar-refractivity contribution in [1.29, 1.82) is 0 Å². The van der Waals surface area contributed by atoms with Crippen LogP contribution in [0.3, 0.4) is 0 Å². The van der Waals surface area contributed by atoms with Crippen LogP contribution in [-0.4, -0.2) is 15.9 Å². The van der Waals surface area contributed by atoms with Crippen molar-refractivity contribution >= 4 is 39.3 Å². The van der Waals surface area contributed by atoms with Gasteiger partial charge >= 0.3 is 0 Å². The van der Waals surface area contributed by atoms with E-state index in [4.69, 9.17) is 11.6 Å². The van der Waals surface area contributed by atoms with E-state index < -0.39 is 0 Å². The van der Waals surface area contributed by atoms with Crippen LogP contribution >= 0.6 is 27.5 Å². The zero-order valence-corrected chi connectivity index (χ0v) is 11.8. The Morgan fingerprint density at radius 3 is 2.78 bits per heavy atom. The lowest BCUT2D eigenvalue weighted by Crippen LogP contribution is -2.14. The third-order valence-corrected chi connectivity index (χ3v) is 3.55. The van der Waals surface area contributed by atoms with Gasteiger partial charge in [0, 0.05) is 4.47 Å². The highest BCUT2D eigenvalue weighted by Crippen LogP contribution is 2.21. The lowest BCUT2D eigenvalue weighted by Gasteiger charge is -2.07. The second-order valence-electron chi connectivity index (χ2n) is 3.61. The Morgan fingerprint density at radius 1 is 1.33 bits per heavy atom. The third kappa shape index (κ3) is 2.86. The molecule has 2 aromatic rings. The highest BCUT2D eigenvalue weighted by molar-refractivity contribution is 9.10. The minimum atomic E-state index is -0.248. The summed E-state index contributed by atoms with van der Waals surface area (Å²) in [6.07, 6.45) is 2.78. The number of amides is 1. The number of nitrogens with one attached hydrogen (secondary N) is 1. The van der Waals surface area contributed by atoms with Gasteiger partial charge < -0.3 is 5.32 Å². The highest BCUT2D eigenvalue weighted by atomic mass is 79.9. The van der Waals surface area contributed by atoms with Crippen molar-refractivity contribution < 1.29 is 4.79 Å². The predicted octanol–water partition coefficient (Wildman–Crippen LogP) is 3.45. The Labute approximate surface area is 118 Å². The quantitative estimate of drug-likeness (QED) is 0.919. The summed E-state index contributed by atoms with van der Waals surface area (Å²) >= 11 is 9.01. The number of aromatic nitrogens is 2. The molecule has 0 bridgehead atoms. The van der Waals surface area contributed by atoms with Crippen molar-refractivity contribution in [2.75, 3.05) is 5.32 Å². The van der Waals surface area contributed by atoms with Gasteiger partial charge in [0.05, 0.1) is 18.0 Å². The van der Waals surface area contributed by atoms with Gasteiger partial charge in [0.25, 0.3) is 5.91 Å². The lowest BCUT2D eigenvalue weighted by atomic mass is 10.1. The van der Waals surface area contributed by atoms with Crippen LogP contribution in [-0.2, 0) is 0 Å². The van der Waals surface area contributed by atoms with Crippen molar-refractivity contribution in [3.8, 4) is 0 Å². The molecule has 4 nitrogen and oxygen atoms in total. The van der Waals surface area contributed by atoms with E-state index in [1.807, 2.05) is 19.1 Å². The molecule has 0 saturated carbocycles. The van der Waals surface area contributed by atoms with E-state index >= 15 is 0 Å². The van der Waals surface area contributed by atoms with Crippen molar-refractivity contribution in [3.63, 3.8) is 0 Å².